The highest BCUT2D eigenvalue weighted by atomic mass is 16.4. The van der Waals surface area contributed by atoms with Gasteiger partial charge in [0, 0.05) is 19.3 Å². The van der Waals surface area contributed by atoms with Crippen LogP contribution in [0.25, 0.3) is 0 Å². The summed E-state index contributed by atoms with van der Waals surface area (Å²) in [6.07, 6.45) is 9.86. The first kappa shape index (κ1) is 21.8. The first-order valence-corrected chi connectivity index (χ1v) is 8.70. The fourth-order valence-corrected chi connectivity index (χ4v) is 2.31. The van der Waals surface area contributed by atoms with E-state index in [9.17, 15) is 19.8 Å². The lowest BCUT2D eigenvalue weighted by Crippen LogP contribution is -2.19. The van der Waals surface area contributed by atoms with Gasteiger partial charge in [0.05, 0.1) is 12.2 Å². The van der Waals surface area contributed by atoms with Crippen molar-refractivity contribution in [3.05, 3.63) is 12.2 Å². The number of aliphatic hydroxyl groups excluding tert-OH is 2. The molecule has 2 atom stereocenters. The lowest BCUT2D eigenvalue weighted by atomic mass is 10.0. The molecule has 0 aromatic rings. The highest BCUT2D eigenvalue weighted by molar-refractivity contribution is 5.80. The Bertz CT molecular complexity index is 351. The standard InChI is InChI=1S/C18H32O5/c1-2-15(19)13-17(21)14-16(20)11-9-7-5-3-4-6-8-10-12-18(22)23/h7,9,15,17,19,21H,2-6,8,10-14H2,1H3,(H,22,23)/b9-7-. The molecule has 0 aromatic heterocycles. The van der Waals surface area contributed by atoms with Gasteiger partial charge in [-0.3, -0.25) is 9.59 Å². The van der Waals surface area contributed by atoms with Crippen LogP contribution in [-0.4, -0.2) is 39.3 Å². The van der Waals surface area contributed by atoms with Crippen molar-refractivity contribution in [3.8, 4) is 0 Å². The lowest BCUT2D eigenvalue weighted by Gasteiger charge is -2.12. The Labute approximate surface area is 139 Å². The molecular weight excluding hydrogens is 296 g/mol. The number of carbonyl (C=O) groups is 2. The van der Waals surface area contributed by atoms with E-state index >= 15 is 0 Å². The first-order chi connectivity index (χ1) is 11.0. The monoisotopic (exact) mass is 328 g/mol. The summed E-state index contributed by atoms with van der Waals surface area (Å²) < 4.78 is 0. The fourth-order valence-electron chi connectivity index (χ4n) is 2.31. The van der Waals surface area contributed by atoms with Crippen molar-refractivity contribution in [2.75, 3.05) is 0 Å². The number of allylic oxidation sites excluding steroid dienone is 2. The summed E-state index contributed by atoms with van der Waals surface area (Å²) in [4.78, 5) is 22.0. The number of hydrogen-bond acceptors (Lipinski definition) is 4. The number of carboxylic acid groups (broad SMARTS) is 1. The van der Waals surface area contributed by atoms with E-state index in [-0.39, 0.29) is 25.0 Å². The second kappa shape index (κ2) is 14.4. The lowest BCUT2D eigenvalue weighted by molar-refractivity contribution is -0.137. The van der Waals surface area contributed by atoms with Crippen molar-refractivity contribution in [1.29, 1.82) is 0 Å². The maximum absolute atomic E-state index is 11.6. The van der Waals surface area contributed by atoms with Crippen molar-refractivity contribution >= 4 is 11.8 Å². The average molecular weight is 328 g/mol. The Morgan fingerprint density at radius 1 is 0.957 bits per heavy atom. The third kappa shape index (κ3) is 15.5. The van der Waals surface area contributed by atoms with Crippen LogP contribution in [-0.2, 0) is 9.59 Å². The van der Waals surface area contributed by atoms with E-state index in [0.717, 1.165) is 38.5 Å². The summed E-state index contributed by atoms with van der Waals surface area (Å²) in [7, 11) is 0. The van der Waals surface area contributed by atoms with Gasteiger partial charge in [-0.2, -0.15) is 0 Å². The van der Waals surface area contributed by atoms with Crippen molar-refractivity contribution in [3.63, 3.8) is 0 Å². The zero-order chi connectivity index (χ0) is 17.5. The number of hydrogen-bond donors (Lipinski definition) is 3. The summed E-state index contributed by atoms with van der Waals surface area (Å²) in [5.41, 5.74) is 0. The summed E-state index contributed by atoms with van der Waals surface area (Å²) >= 11 is 0. The molecule has 0 aliphatic rings. The molecule has 23 heavy (non-hydrogen) atoms. The van der Waals surface area contributed by atoms with Gasteiger partial charge in [0.2, 0.25) is 0 Å². The molecule has 0 saturated heterocycles. The van der Waals surface area contributed by atoms with Gasteiger partial charge in [0.15, 0.2) is 0 Å². The highest BCUT2D eigenvalue weighted by Gasteiger charge is 2.13. The molecule has 0 spiro atoms. The molecule has 134 valence electrons. The molecule has 0 aliphatic carbocycles. The number of Topliss-reactive ketones (excluding diaryl/α,β-unsaturated/α-hetero) is 1. The number of aliphatic carboxylic acids is 1. The van der Waals surface area contributed by atoms with Crippen LogP contribution in [0.5, 0.6) is 0 Å². The van der Waals surface area contributed by atoms with Crippen LogP contribution in [0.15, 0.2) is 12.2 Å². The number of carboxylic acids is 1. The van der Waals surface area contributed by atoms with Gasteiger partial charge in [0.25, 0.3) is 0 Å². The largest absolute Gasteiger partial charge is 0.481 e. The summed E-state index contributed by atoms with van der Waals surface area (Å²) in [6.45, 7) is 1.84. The maximum atomic E-state index is 11.6. The van der Waals surface area contributed by atoms with Gasteiger partial charge in [0.1, 0.15) is 5.78 Å². The van der Waals surface area contributed by atoms with Crippen molar-refractivity contribution < 1.29 is 24.9 Å². The van der Waals surface area contributed by atoms with E-state index in [1.165, 1.54) is 0 Å². The number of aliphatic hydroxyl groups is 2. The van der Waals surface area contributed by atoms with Crippen LogP contribution < -0.4 is 0 Å². The minimum absolute atomic E-state index is 0.00859. The van der Waals surface area contributed by atoms with Gasteiger partial charge in [-0.25, -0.2) is 0 Å². The molecule has 0 aromatic carbocycles. The minimum Gasteiger partial charge on any atom is -0.481 e. The van der Waals surface area contributed by atoms with Gasteiger partial charge >= 0.3 is 5.97 Å². The van der Waals surface area contributed by atoms with Crippen LogP contribution in [0.1, 0.15) is 77.6 Å². The van der Waals surface area contributed by atoms with Gasteiger partial charge in [-0.1, -0.05) is 38.3 Å². The molecule has 0 fully saturated rings. The van der Waals surface area contributed by atoms with E-state index in [1.54, 1.807) is 0 Å². The quantitative estimate of drug-likeness (QED) is 0.317. The second-order valence-corrected chi connectivity index (χ2v) is 6.07. The van der Waals surface area contributed by atoms with E-state index in [0.29, 0.717) is 12.8 Å². The Morgan fingerprint density at radius 2 is 1.61 bits per heavy atom. The van der Waals surface area contributed by atoms with Gasteiger partial charge < -0.3 is 15.3 Å². The fraction of sp³-hybridized carbons (Fsp3) is 0.778. The molecule has 0 radical (unpaired) electrons. The molecule has 2 unspecified atom stereocenters. The normalized spacial score (nSPS) is 14.0. The van der Waals surface area contributed by atoms with Crippen LogP contribution in [0.3, 0.4) is 0 Å². The zero-order valence-corrected chi connectivity index (χ0v) is 14.2. The van der Waals surface area contributed by atoms with E-state index in [2.05, 4.69) is 0 Å². The first-order valence-electron chi connectivity index (χ1n) is 8.70. The highest BCUT2D eigenvalue weighted by Crippen LogP contribution is 2.09. The number of carbonyl (C=O) groups excluding carboxylic acids is 1. The maximum Gasteiger partial charge on any atom is 0.303 e. The minimum atomic E-state index is -0.753. The van der Waals surface area contributed by atoms with E-state index in [1.807, 2.05) is 19.1 Å². The van der Waals surface area contributed by atoms with Crippen LogP contribution >= 0.6 is 0 Å². The molecule has 0 bridgehead atoms. The average Bonchev–Trinajstić information content (AvgIpc) is 2.48. The second-order valence-electron chi connectivity index (χ2n) is 6.07. The molecular formula is C18H32O5. The predicted octanol–water partition coefficient (Wildman–Crippen LogP) is 3.23. The van der Waals surface area contributed by atoms with Crippen LogP contribution in [0.4, 0.5) is 0 Å². The number of rotatable bonds is 15. The van der Waals surface area contributed by atoms with Crippen molar-refractivity contribution in [2.24, 2.45) is 0 Å². The zero-order valence-electron chi connectivity index (χ0n) is 14.2. The van der Waals surface area contributed by atoms with E-state index < -0.39 is 18.2 Å². The molecule has 3 N–H and O–H groups in total. The van der Waals surface area contributed by atoms with E-state index in [4.69, 9.17) is 5.11 Å². The molecule has 0 rings (SSSR count). The number of unbranched alkanes of at least 4 members (excludes halogenated alkanes) is 5. The number of ketones is 1. The molecule has 0 amide bonds. The molecule has 5 heteroatoms. The topological polar surface area (TPSA) is 94.8 Å². The molecule has 0 heterocycles. The predicted molar refractivity (Wildman–Crippen MR) is 90.3 cm³/mol. The molecule has 0 saturated carbocycles. The van der Waals surface area contributed by atoms with Crippen LogP contribution in [0.2, 0.25) is 0 Å². The van der Waals surface area contributed by atoms with Crippen LogP contribution in [0, 0.1) is 0 Å². The Morgan fingerprint density at radius 3 is 2.26 bits per heavy atom. The van der Waals surface area contributed by atoms with Crippen molar-refractivity contribution in [1.82, 2.24) is 0 Å². The Hall–Kier alpha value is -1.20. The smallest absolute Gasteiger partial charge is 0.303 e. The summed E-state index contributed by atoms with van der Waals surface area (Å²) in [6, 6.07) is 0. The van der Waals surface area contributed by atoms with Crippen molar-refractivity contribution in [2.45, 2.75) is 89.8 Å². The summed E-state index contributed by atoms with van der Waals surface area (Å²) in [5, 5.41) is 27.6. The molecule has 0 aliphatic heterocycles. The third-order valence-electron chi connectivity index (χ3n) is 3.75. The SMILES string of the molecule is CCC(O)CC(O)CC(=O)C/C=C\CCCCCCCC(=O)O. The van der Waals surface area contributed by atoms with Gasteiger partial charge in [-0.05, 0) is 32.1 Å². The molecule has 5 nitrogen and oxygen atoms in total. The summed E-state index contributed by atoms with van der Waals surface area (Å²) in [5.74, 6) is -0.738. The Balaban J connectivity index is 3.51. The van der Waals surface area contributed by atoms with Gasteiger partial charge in [-0.15, -0.1) is 0 Å². The third-order valence-corrected chi connectivity index (χ3v) is 3.75. The Kier molecular flexibility index (Phi) is 13.6.